The predicted molar refractivity (Wildman–Crippen MR) is 76.6 cm³/mol. The molecule has 17 heavy (non-hydrogen) atoms. The molecular weight excluding hydrogens is 204 g/mol. The van der Waals surface area contributed by atoms with E-state index in [1.807, 2.05) is 0 Å². The number of hydrogen-bond acceptors (Lipinski definition) is 0. The van der Waals surface area contributed by atoms with Crippen molar-refractivity contribution in [3.63, 3.8) is 0 Å². The van der Waals surface area contributed by atoms with Crippen molar-refractivity contribution in [1.82, 2.24) is 0 Å². The first kappa shape index (κ1) is 13.5. The lowest BCUT2D eigenvalue weighted by atomic mass is 10.1. The van der Waals surface area contributed by atoms with E-state index in [1.54, 1.807) is 0 Å². The molecule has 0 saturated heterocycles. The van der Waals surface area contributed by atoms with E-state index < -0.39 is 0 Å². The summed E-state index contributed by atoms with van der Waals surface area (Å²) in [5.74, 6) is 0. The highest BCUT2D eigenvalue weighted by atomic mass is 14.0. The molecule has 0 aliphatic heterocycles. The van der Waals surface area contributed by atoms with Crippen LogP contribution in [0.1, 0.15) is 27.8 Å². The molecule has 0 spiro atoms. The van der Waals surface area contributed by atoms with Gasteiger partial charge in [-0.1, -0.05) is 42.5 Å². The van der Waals surface area contributed by atoms with E-state index in [9.17, 15) is 0 Å². The van der Waals surface area contributed by atoms with Crippen LogP contribution in [0.2, 0.25) is 0 Å². The van der Waals surface area contributed by atoms with E-state index >= 15 is 0 Å². The van der Waals surface area contributed by atoms with Crippen LogP contribution in [0.15, 0.2) is 42.5 Å². The van der Waals surface area contributed by atoms with Crippen LogP contribution in [-0.4, -0.2) is 0 Å². The summed E-state index contributed by atoms with van der Waals surface area (Å²) in [5, 5.41) is 0. The molecule has 0 nitrogen and oxygen atoms in total. The average molecular weight is 226 g/mol. The van der Waals surface area contributed by atoms with Crippen LogP contribution < -0.4 is 0 Å². The smallest absolute Gasteiger partial charge is 0.0392 e. The molecule has 0 heteroatoms. The Hall–Kier alpha value is -1.56. The number of benzene rings is 2. The third-order valence-electron chi connectivity index (χ3n) is 3.30. The summed E-state index contributed by atoms with van der Waals surface area (Å²) in [6.07, 6.45) is 0. The van der Waals surface area contributed by atoms with Gasteiger partial charge in [0.05, 0.1) is 0 Å². The Morgan fingerprint density at radius 1 is 0.471 bits per heavy atom. The molecule has 0 amide bonds. The van der Waals surface area contributed by atoms with Gasteiger partial charge in [-0.3, -0.25) is 0 Å². The second-order valence-corrected chi connectivity index (χ2v) is 4.60. The van der Waals surface area contributed by atoms with Gasteiger partial charge >= 0.3 is 0 Å². The molecule has 0 N–H and O–H groups in total. The van der Waals surface area contributed by atoms with Crippen LogP contribution in [0.5, 0.6) is 0 Å². The van der Waals surface area contributed by atoms with Crippen LogP contribution in [0.25, 0.3) is 0 Å². The normalized spacial score (nSPS) is 9.47. The van der Waals surface area contributed by atoms with Crippen molar-refractivity contribution >= 4 is 0 Å². The van der Waals surface area contributed by atoms with Gasteiger partial charge in [0.15, 0.2) is 0 Å². The number of rotatable bonds is 0. The second-order valence-electron chi connectivity index (χ2n) is 4.60. The van der Waals surface area contributed by atoms with Crippen molar-refractivity contribution in [3.8, 4) is 0 Å². The maximum absolute atomic E-state index is 2.16. The van der Waals surface area contributed by atoms with Crippen molar-refractivity contribution in [3.05, 3.63) is 70.3 Å². The minimum Gasteiger partial charge on any atom is -0.0620 e. The first-order valence-corrected chi connectivity index (χ1v) is 6.07. The summed E-state index contributed by atoms with van der Waals surface area (Å²) >= 11 is 0. The average Bonchev–Trinajstić information content (AvgIpc) is 2.31. The second kappa shape index (κ2) is 6.24. The van der Waals surface area contributed by atoms with Crippen molar-refractivity contribution in [2.75, 3.05) is 0 Å². The van der Waals surface area contributed by atoms with E-state index in [-0.39, 0.29) is 0 Å². The van der Waals surface area contributed by atoms with Crippen LogP contribution in [0, 0.1) is 34.6 Å². The molecule has 0 bridgehead atoms. The lowest BCUT2D eigenvalue weighted by Gasteiger charge is -2.00. The summed E-state index contributed by atoms with van der Waals surface area (Å²) < 4.78 is 0. The number of hydrogen-bond donors (Lipinski definition) is 0. The van der Waals surface area contributed by atoms with Crippen molar-refractivity contribution in [2.45, 2.75) is 34.6 Å². The highest BCUT2D eigenvalue weighted by Gasteiger charge is 1.91. The molecular formula is C17H22. The summed E-state index contributed by atoms with van der Waals surface area (Å²) in [6, 6.07) is 14.7. The molecule has 0 fully saturated rings. The zero-order chi connectivity index (χ0) is 12.8. The van der Waals surface area contributed by atoms with Crippen LogP contribution in [0.4, 0.5) is 0 Å². The molecule has 2 rings (SSSR count). The van der Waals surface area contributed by atoms with Crippen molar-refractivity contribution in [2.24, 2.45) is 0 Å². The standard InChI is InChI=1S/C9H12.C8H10/c1-7-5-4-6-8(2)9(7)3;1-7-5-3-4-6-8(7)2/h4-6H,1-3H3;3-6H,1-2H3. The van der Waals surface area contributed by atoms with Crippen LogP contribution in [0.3, 0.4) is 0 Å². The highest BCUT2D eigenvalue weighted by molar-refractivity contribution is 5.31. The molecule has 0 heterocycles. The number of aryl methyl sites for hydroxylation is 4. The van der Waals surface area contributed by atoms with E-state index in [0.717, 1.165) is 0 Å². The fraction of sp³-hybridized carbons (Fsp3) is 0.294. The van der Waals surface area contributed by atoms with Gasteiger partial charge in [-0.15, -0.1) is 0 Å². The predicted octanol–water partition coefficient (Wildman–Crippen LogP) is 4.92. The molecule has 2 aromatic rings. The fourth-order valence-electron chi connectivity index (χ4n) is 1.56. The van der Waals surface area contributed by atoms with Gasteiger partial charge in [-0.25, -0.2) is 0 Å². The Kier molecular flexibility index (Phi) is 4.96. The van der Waals surface area contributed by atoms with Gasteiger partial charge in [0, 0.05) is 0 Å². The van der Waals surface area contributed by atoms with E-state index in [0.29, 0.717) is 0 Å². The minimum atomic E-state index is 1.37. The van der Waals surface area contributed by atoms with Gasteiger partial charge in [0.1, 0.15) is 0 Å². The minimum absolute atomic E-state index is 1.37. The Balaban J connectivity index is 0.000000171. The van der Waals surface area contributed by atoms with Crippen molar-refractivity contribution < 1.29 is 0 Å². The molecule has 0 saturated carbocycles. The van der Waals surface area contributed by atoms with Gasteiger partial charge in [-0.2, -0.15) is 0 Å². The first-order valence-electron chi connectivity index (χ1n) is 6.07. The third kappa shape index (κ3) is 4.07. The summed E-state index contributed by atoms with van der Waals surface area (Å²) in [6.45, 7) is 10.7. The van der Waals surface area contributed by atoms with Gasteiger partial charge in [0.2, 0.25) is 0 Å². The maximum Gasteiger partial charge on any atom is -0.0392 e. The zero-order valence-electron chi connectivity index (χ0n) is 11.5. The third-order valence-corrected chi connectivity index (χ3v) is 3.30. The highest BCUT2D eigenvalue weighted by Crippen LogP contribution is 2.09. The van der Waals surface area contributed by atoms with E-state index in [4.69, 9.17) is 0 Å². The lowest BCUT2D eigenvalue weighted by molar-refractivity contribution is 1.27. The van der Waals surface area contributed by atoms with Gasteiger partial charge in [0.25, 0.3) is 0 Å². The molecule has 0 aliphatic carbocycles. The first-order chi connectivity index (χ1) is 8.02. The molecule has 0 aromatic heterocycles. The SMILES string of the molecule is Cc1cccc(C)c1C.Cc1ccccc1C. The largest absolute Gasteiger partial charge is 0.0620 e. The van der Waals surface area contributed by atoms with Crippen molar-refractivity contribution in [1.29, 1.82) is 0 Å². The Bertz CT molecular complexity index is 440. The summed E-state index contributed by atoms with van der Waals surface area (Å²) in [7, 11) is 0. The zero-order valence-corrected chi connectivity index (χ0v) is 11.5. The lowest BCUT2D eigenvalue weighted by Crippen LogP contribution is -1.82. The van der Waals surface area contributed by atoms with Crippen LogP contribution in [-0.2, 0) is 0 Å². The molecule has 90 valence electrons. The fourth-order valence-corrected chi connectivity index (χ4v) is 1.56. The van der Waals surface area contributed by atoms with E-state index in [1.165, 1.54) is 27.8 Å². The summed E-state index contributed by atoms with van der Waals surface area (Å²) in [5.41, 5.74) is 6.92. The quantitative estimate of drug-likeness (QED) is 0.598. The molecule has 0 atom stereocenters. The Morgan fingerprint density at radius 2 is 0.824 bits per heavy atom. The Labute approximate surface area is 105 Å². The molecule has 0 unspecified atom stereocenters. The molecule has 0 aliphatic rings. The summed E-state index contributed by atoms with van der Waals surface area (Å²) in [4.78, 5) is 0. The topological polar surface area (TPSA) is 0 Å². The Morgan fingerprint density at radius 3 is 1.12 bits per heavy atom. The van der Waals surface area contributed by atoms with Gasteiger partial charge in [-0.05, 0) is 62.4 Å². The molecule has 0 radical (unpaired) electrons. The van der Waals surface area contributed by atoms with E-state index in [2.05, 4.69) is 77.1 Å². The monoisotopic (exact) mass is 226 g/mol. The maximum atomic E-state index is 2.16. The van der Waals surface area contributed by atoms with Crippen LogP contribution >= 0.6 is 0 Å². The van der Waals surface area contributed by atoms with Gasteiger partial charge < -0.3 is 0 Å². The molecule has 2 aromatic carbocycles.